The fraction of sp³-hybridized carbons (Fsp3) is 0. The van der Waals surface area contributed by atoms with E-state index in [1.807, 2.05) is 12.1 Å². The summed E-state index contributed by atoms with van der Waals surface area (Å²) in [5.74, 6) is 2.64. The number of halogens is 12. The Morgan fingerprint density at radius 1 is 0.317 bits per heavy atom. The molecule has 9 nitrogen and oxygen atoms in total. The lowest BCUT2D eigenvalue weighted by Gasteiger charge is -2.11. The van der Waals surface area contributed by atoms with Crippen molar-refractivity contribution in [2.75, 3.05) is 0 Å². The van der Waals surface area contributed by atoms with E-state index in [1.165, 1.54) is 24.3 Å². The fourth-order valence-corrected chi connectivity index (χ4v) is 10.5. The van der Waals surface area contributed by atoms with E-state index in [9.17, 15) is 8.78 Å². The minimum atomic E-state index is -0.442. The zero-order valence-corrected chi connectivity index (χ0v) is 48.9. The van der Waals surface area contributed by atoms with Gasteiger partial charge in [0.1, 0.15) is 52.1 Å². The molecule has 0 fully saturated rings. The van der Waals surface area contributed by atoms with Crippen LogP contribution in [0.15, 0.2) is 189 Å². The lowest BCUT2D eigenvalue weighted by atomic mass is 10.2. The Bertz CT molecular complexity index is 4270. The van der Waals surface area contributed by atoms with Crippen LogP contribution in [0, 0.1) is 23.0 Å². The highest BCUT2D eigenvalue weighted by Crippen LogP contribution is 2.42. The molecule has 0 spiro atoms. The first-order valence-corrected chi connectivity index (χ1v) is 27.4. The molecular weight excluding hydrogens is 1260 g/mol. The number of ether oxygens (including phenoxy) is 4. The first kappa shape index (κ1) is 59.5. The van der Waals surface area contributed by atoms with Crippen molar-refractivity contribution in [2.24, 2.45) is 0 Å². The molecule has 4 aromatic heterocycles. The molecule has 8 aromatic carbocycles. The van der Waals surface area contributed by atoms with Gasteiger partial charge >= 0.3 is 0 Å². The molecule has 0 aliphatic rings. The van der Waals surface area contributed by atoms with Gasteiger partial charge in [0.15, 0.2) is 11.6 Å². The third kappa shape index (κ3) is 14.5. The highest BCUT2D eigenvalue weighted by molar-refractivity contribution is 6.41. The highest BCUT2D eigenvalue weighted by Gasteiger charge is 2.16. The number of hydrogen-bond acceptors (Lipinski definition) is 9. The van der Waals surface area contributed by atoms with Crippen LogP contribution in [0.3, 0.4) is 0 Å². The minimum Gasteiger partial charge on any atom is -0.455 e. The molecule has 82 heavy (non-hydrogen) atoms. The number of aromatic nitrogens is 4. The molecule has 0 saturated carbocycles. The first-order chi connectivity index (χ1) is 39.5. The maximum Gasteiger partial charge on any atom is 0.165 e. The van der Waals surface area contributed by atoms with Gasteiger partial charge in [0, 0.05) is 44.9 Å². The fourth-order valence-electron chi connectivity index (χ4n) is 7.77. The predicted octanol–water partition coefficient (Wildman–Crippen LogP) is 22.8. The van der Waals surface area contributed by atoms with Crippen LogP contribution in [0.2, 0.25) is 50.2 Å². The second-order valence-electron chi connectivity index (χ2n) is 16.8. The van der Waals surface area contributed by atoms with Crippen LogP contribution in [0.4, 0.5) is 8.78 Å². The third-order valence-corrected chi connectivity index (χ3v) is 14.0. The summed E-state index contributed by atoms with van der Waals surface area (Å²) in [6.45, 7) is 0. The van der Waals surface area contributed by atoms with Gasteiger partial charge in [0.25, 0.3) is 0 Å². The van der Waals surface area contributed by atoms with E-state index in [0.29, 0.717) is 135 Å². The molecule has 0 saturated heterocycles. The molecule has 0 atom stereocenters. The second-order valence-corrected chi connectivity index (χ2v) is 21.0. The van der Waals surface area contributed by atoms with Crippen LogP contribution in [0.25, 0.3) is 43.6 Å². The Hall–Kier alpha value is -7.15. The summed E-state index contributed by atoms with van der Waals surface area (Å²) in [6.07, 6.45) is 6.38. The third-order valence-electron chi connectivity index (χ3n) is 11.3. The van der Waals surface area contributed by atoms with Crippen LogP contribution >= 0.6 is 116 Å². The number of fused-ring (bicyclic) bond motifs is 4. The Balaban J connectivity index is 0.000000132. The monoisotopic (exact) mass is 1280 g/mol. The summed E-state index contributed by atoms with van der Waals surface area (Å²) in [5, 5.41) is 16.2. The molecule has 21 heteroatoms. The van der Waals surface area contributed by atoms with Crippen molar-refractivity contribution in [3.63, 3.8) is 0 Å². The van der Waals surface area contributed by atoms with E-state index in [1.54, 1.807) is 152 Å². The van der Waals surface area contributed by atoms with Gasteiger partial charge in [-0.2, -0.15) is 5.26 Å². The van der Waals surface area contributed by atoms with Gasteiger partial charge in [0.05, 0.1) is 79.3 Å². The maximum atomic E-state index is 13.6. The lowest BCUT2D eigenvalue weighted by molar-refractivity contribution is 0.446. The van der Waals surface area contributed by atoms with E-state index >= 15 is 0 Å². The summed E-state index contributed by atoms with van der Waals surface area (Å²) in [5.41, 5.74) is 2.96. The molecule has 408 valence electrons. The Labute approximate surface area is 516 Å². The number of hydrogen-bond donors (Lipinski definition) is 0. The van der Waals surface area contributed by atoms with Crippen molar-refractivity contribution in [1.29, 1.82) is 5.26 Å². The van der Waals surface area contributed by atoms with Crippen molar-refractivity contribution in [1.82, 2.24) is 19.9 Å². The summed E-state index contributed by atoms with van der Waals surface area (Å²) in [7, 11) is 0. The maximum absolute atomic E-state index is 13.6. The quantitative estimate of drug-likeness (QED) is 0.147. The van der Waals surface area contributed by atoms with Crippen LogP contribution in [0.5, 0.6) is 46.0 Å². The molecule has 0 aliphatic heterocycles. The molecule has 0 amide bonds. The van der Waals surface area contributed by atoms with Gasteiger partial charge < -0.3 is 18.9 Å². The molecule has 0 N–H and O–H groups in total. The molecule has 12 aromatic rings. The Morgan fingerprint density at radius 3 is 1.05 bits per heavy atom. The van der Waals surface area contributed by atoms with Crippen molar-refractivity contribution < 1.29 is 27.7 Å². The second kappa shape index (κ2) is 27.3. The predicted molar refractivity (Wildman–Crippen MR) is 328 cm³/mol. The van der Waals surface area contributed by atoms with Crippen LogP contribution in [-0.2, 0) is 0 Å². The number of nitriles is 1. The molecule has 0 unspecified atom stereocenters. The largest absolute Gasteiger partial charge is 0.455 e. The van der Waals surface area contributed by atoms with Gasteiger partial charge in [-0.1, -0.05) is 152 Å². The van der Waals surface area contributed by atoms with Crippen molar-refractivity contribution in [2.45, 2.75) is 0 Å². The molecule has 4 heterocycles. The van der Waals surface area contributed by atoms with Crippen LogP contribution in [-0.4, -0.2) is 19.9 Å². The Kier molecular flexibility index (Phi) is 19.8. The number of pyridine rings is 4. The average molecular weight is 1290 g/mol. The van der Waals surface area contributed by atoms with Crippen molar-refractivity contribution >= 4 is 160 Å². The van der Waals surface area contributed by atoms with Crippen molar-refractivity contribution in [3.8, 4) is 52.1 Å². The first-order valence-electron chi connectivity index (χ1n) is 23.6. The number of benzene rings is 8. The highest BCUT2D eigenvalue weighted by atomic mass is 35.5. The minimum absolute atomic E-state index is 0.131. The standard InChI is InChI=1S/C16H8Cl2N2O.C15H7Cl3FNO.C15H8Cl3NO.C15H8Cl2FNO/c17-11-7-12(18)16-13(8-11)20-6-5-15(16)21-14-4-2-1-3-10(14)9-19;16-8-5-11(18)15-12(6-8)20-4-3-14(15)21-13-2-1-9(19)7-10(13)17;16-9-7-11(18)15-12(8-9)19-6-5-14(15)20-13-4-2-1-3-10(13)17;16-9-7-10(17)15-12(8-9)19-6-5-14(15)20-13-4-2-1-3-11(13)18/h1-8H;1-7H;2*1-8H. The normalized spacial score (nSPS) is 10.7. The zero-order chi connectivity index (χ0) is 58.0. The number of para-hydroxylation sites is 3. The van der Waals surface area contributed by atoms with E-state index in [0.717, 1.165) is 0 Å². The van der Waals surface area contributed by atoms with E-state index < -0.39 is 11.6 Å². The SMILES string of the molecule is Clc1cc(Cl)c2c(Oc3ccccc3Cl)ccnc2c1.Fc1ccc(Oc2ccnc3cc(Cl)cc(Cl)c23)c(Cl)c1.Fc1ccccc1Oc1ccnc2cc(Cl)cc(Cl)c12.N#Cc1ccccc1Oc1ccnc2cc(Cl)cc(Cl)c12. The topological polar surface area (TPSA) is 112 Å². The van der Waals surface area contributed by atoms with E-state index in [4.69, 9.17) is 140 Å². The van der Waals surface area contributed by atoms with Gasteiger partial charge in [-0.05, 0) is 127 Å². The van der Waals surface area contributed by atoms with Gasteiger partial charge in [-0.25, -0.2) is 8.78 Å². The summed E-state index contributed by atoms with van der Waals surface area (Å²) in [6, 6.07) is 46.5. The number of rotatable bonds is 8. The molecule has 0 radical (unpaired) electrons. The summed E-state index contributed by atoms with van der Waals surface area (Å²) in [4.78, 5) is 16.9. The van der Waals surface area contributed by atoms with E-state index in [-0.39, 0.29) is 10.8 Å². The van der Waals surface area contributed by atoms with Crippen molar-refractivity contribution in [3.05, 3.63) is 256 Å². The van der Waals surface area contributed by atoms with Gasteiger partial charge in [-0.15, -0.1) is 0 Å². The molecule has 0 aliphatic carbocycles. The lowest BCUT2D eigenvalue weighted by Crippen LogP contribution is -1.91. The van der Waals surface area contributed by atoms with Gasteiger partial charge in [0.2, 0.25) is 0 Å². The van der Waals surface area contributed by atoms with E-state index in [2.05, 4.69) is 26.0 Å². The molecule has 0 bridgehead atoms. The van der Waals surface area contributed by atoms with Crippen LogP contribution < -0.4 is 18.9 Å². The average Bonchev–Trinajstić information content (AvgIpc) is 3.64. The van der Waals surface area contributed by atoms with Crippen LogP contribution in [0.1, 0.15) is 5.56 Å². The Morgan fingerprint density at radius 2 is 0.659 bits per heavy atom. The molecular formula is C61H31Cl10F2N5O4. The summed E-state index contributed by atoms with van der Waals surface area (Å²) >= 11 is 60.7. The smallest absolute Gasteiger partial charge is 0.165 e. The zero-order valence-electron chi connectivity index (χ0n) is 41.3. The number of nitrogens with zero attached hydrogens (tertiary/aromatic N) is 5. The van der Waals surface area contributed by atoms with Gasteiger partial charge in [-0.3, -0.25) is 19.9 Å². The summed E-state index contributed by atoms with van der Waals surface area (Å²) < 4.78 is 49.7. The molecule has 12 rings (SSSR count).